The van der Waals surface area contributed by atoms with Crippen LogP contribution in [0.15, 0.2) is 24.3 Å². The number of carbonyl (C=O) groups excluding carboxylic acids is 1. The molecule has 1 fully saturated rings. The number of nitrogens with zero attached hydrogens (tertiary/aromatic N) is 1. The van der Waals surface area contributed by atoms with Gasteiger partial charge in [-0.15, -0.1) is 0 Å². The molecule has 1 unspecified atom stereocenters. The van der Waals surface area contributed by atoms with Gasteiger partial charge in [-0.25, -0.2) is 0 Å². The van der Waals surface area contributed by atoms with E-state index in [1.165, 1.54) is 0 Å². The topological polar surface area (TPSA) is 59.0 Å². The van der Waals surface area contributed by atoms with Crippen LogP contribution in [0.5, 0.6) is 5.75 Å². The smallest absolute Gasteiger partial charge is 0.253 e. The van der Waals surface area contributed by atoms with Crippen LogP contribution in [0.25, 0.3) is 0 Å². The van der Waals surface area contributed by atoms with E-state index in [9.17, 15) is 4.79 Å². The number of benzene rings is 1. The Balaban J connectivity index is 2.20. The van der Waals surface area contributed by atoms with Crippen molar-refractivity contribution in [2.24, 2.45) is 0 Å². The van der Waals surface area contributed by atoms with Crippen molar-refractivity contribution in [3.63, 3.8) is 0 Å². The average molecular weight is 265 g/mol. The van der Waals surface area contributed by atoms with Crippen LogP contribution in [0.4, 0.5) is 5.69 Å². The van der Waals surface area contributed by atoms with E-state index in [0.717, 1.165) is 5.69 Å². The molecule has 0 radical (unpaired) electrons. The zero-order valence-electron chi connectivity index (χ0n) is 11.0. The van der Waals surface area contributed by atoms with E-state index in [0.29, 0.717) is 25.3 Å². The fourth-order valence-corrected chi connectivity index (χ4v) is 2.13. The standard InChI is InChI=1S/C14H19NO4/c1-2-18-13-6-4-3-5-12(13)15-9-11(7-8-16)19-10-14(15)17/h3-6,11,16H,2,7-10H2,1H3. The first-order valence-corrected chi connectivity index (χ1v) is 6.51. The second kappa shape index (κ2) is 6.54. The van der Waals surface area contributed by atoms with Crippen molar-refractivity contribution >= 4 is 11.6 Å². The monoisotopic (exact) mass is 265 g/mol. The number of carbonyl (C=O) groups is 1. The second-order valence-electron chi connectivity index (χ2n) is 4.35. The van der Waals surface area contributed by atoms with E-state index in [4.69, 9.17) is 14.6 Å². The normalized spacial score (nSPS) is 19.6. The predicted octanol–water partition coefficient (Wildman–Crippen LogP) is 1.20. The van der Waals surface area contributed by atoms with Gasteiger partial charge >= 0.3 is 0 Å². The van der Waals surface area contributed by atoms with E-state index in [-0.39, 0.29) is 25.2 Å². The van der Waals surface area contributed by atoms with Gasteiger partial charge in [-0.1, -0.05) is 12.1 Å². The molecule has 2 rings (SSSR count). The zero-order valence-corrected chi connectivity index (χ0v) is 11.0. The lowest BCUT2D eigenvalue weighted by atomic mass is 10.1. The number of hydrogen-bond donors (Lipinski definition) is 1. The Morgan fingerprint density at radius 1 is 1.47 bits per heavy atom. The van der Waals surface area contributed by atoms with Gasteiger partial charge in [-0.05, 0) is 25.5 Å². The van der Waals surface area contributed by atoms with Crippen molar-refractivity contribution in [2.45, 2.75) is 19.4 Å². The number of morpholine rings is 1. The van der Waals surface area contributed by atoms with Crippen molar-refractivity contribution in [2.75, 3.05) is 31.3 Å². The molecule has 104 valence electrons. The highest BCUT2D eigenvalue weighted by molar-refractivity contribution is 5.96. The summed E-state index contributed by atoms with van der Waals surface area (Å²) >= 11 is 0. The molecule has 5 nitrogen and oxygen atoms in total. The largest absolute Gasteiger partial charge is 0.492 e. The van der Waals surface area contributed by atoms with Gasteiger partial charge in [0.05, 0.1) is 24.9 Å². The number of para-hydroxylation sites is 2. The molecule has 5 heteroatoms. The van der Waals surface area contributed by atoms with Crippen LogP contribution in [0.2, 0.25) is 0 Å². The van der Waals surface area contributed by atoms with Crippen LogP contribution in [0.3, 0.4) is 0 Å². The van der Waals surface area contributed by atoms with Gasteiger partial charge in [0.25, 0.3) is 5.91 Å². The van der Waals surface area contributed by atoms with Crippen molar-refractivity contribution in [3.8, 4) is 5.75 Å². The highest BCUT2D eigenvalue weighted by Crippen LogP contribution is 2.30. The van der Waals surface area contributed by atoms with Crippen molar-refractivity contribution in [1.82, 2.24) is 0 Å². The Morgan fingerprint density at radius 2 is 2.26 bits per heavy atom. The highest BCUT2D eigenvalue weighted by Gasteiger charge is 2.28. The Labute approximate surface area is 112 Å². The lowest BCUT2D eigenvalue weighted by Crippen LogP contribution is -2.47. The van der Waals surface area contributed by atoms with E-state index in [1.54, 1.807) is 4.90 Å². The first kappa shape index (κ1) is 13.8. The average Bonchev–Trinajstić information content (AvgIpc) is 2.42. The molecule has 0 bridgehead atoms. The molecule has 0 spiro atoms. The molecule has 1 saturated heterocycles. The summed E-state index contributed by atoms with van der Waals surface area (Å²) in [6.45, 7) is 3.01. The number of aliphatic hydroxyl groups excluding tert-OH is 1. The molecule has 1 aromatic rings. The van der Waals surface area contributed by atoms with Crippen molar-refractivity contribution < 1.29 is 19.4 Å². The minimum Gasteiger partial charge on any atom is -0.492 e. The van der Waals surface area contributed by atoms with Gasteiger partial charge in [0, 0.05) is 6.61 Å². The van der Waals surface area contributed by atoms with Crippen molar-refractivity contribution in [1.29, 1.82) is 0 Å². The molecule has 1 amide bonds. The summed E-state index contributed by atoms with van der Waals surface area (Å²) in [5.74, 6) is 0.615. The minimum absolute atomic E-state index is 0.0468. The van der Waals surface area contributed by atoms with Crippen LogP contribution in [0, 0.1) is 0 Å². The number of aliphatic hydroxyl groups is 1. The van der Waals surface area contributed by atoms with Crippen LogP contribution < -0.4 is 9.64 Å². The van der Waals surface area contributed by atoms with Gasteiger partial charge in [-0.2, -0.15) is 0 Å². The Kier molecular flexibility index (Phi) is 4.76. The van der Waals surface area contributed by atoms with Gasteiger partial charge < -0.3 is 19.5 Å². The van der Waals surface area contributed by atoms with Gasteiger partial charge in [0.2, 0.25) is 0 Å². The maximum absolute atomic E-state index is 12.0. The van der Waals surface area contributed by atoms with Gasteiger partial charge in [-0.3, -0.25) is 4.79 Å². The quantitative estimate of drug-likeness (QED) is 0.869. The summed E-state index contributed by atoms with van der Waals surface area (Å²) in [5, 5.41) is 8.97. The Morgan fingerprint density at radius 3 is 3.00 bits per heavy atom. The van der Waals surface area contributed by atoms with E-state index in [1.807, 2.05) is 31.2 Å². The van der Waals surface area contributed by atoms with Crippen LogP contribution >= 0.6 is 0 Å². The molecule has 1 aromatic carbocycles. The molecule has 0 aliphatic carbocycles. The summed E-state index contributed by atoms with van der Waals surface area (Å²) in [4.78, 5) is 13.7. The number of amides is 1. The van der Waals surface area contributed by atoms with Gasteiger partial charge in [0.1, 0.15) is 12.4 Å². The fourth-order valence-electron chi connectivity index (χ4n) is 2.13. The summed E-state index contributed by atoms with van der Waals surface area (Å²) in [6, 6.07) is 7.47. The molecule has 1 N–H and O–H groups in total. The Bertz CT molecular complexity index is 435. The lowest BCUT2D eigenvalue weighted by molar-refractivity contribution is -0.129. The van der Waals surface area contributed by atoms with Crippen LogP contribution in [-0.4, -0.2) is 43.5 Å². The molecule has 0 aromatic heterocycles. The third kappa shape index (κ3) is 3.24. The number of anilines is 1. The summed E-state index contributed by atoms with van der Waals surface area (Å²) in [5.41, 5.74) is 0.764. The third-order valence-electron chi connectivity index (χ3n) is 3.04. The zero-order chi connectivity index (χ0) is 13.7. The molecule has 1 heterocycles. The molecule has 1 atom stereocenters. The Hall–Kier alpha value is -1.59. The van der Waals surface area contributed by atoms with E-state index < -0.39 is 0 Å². The maximum atomic E-state index is 12.0. The highest BCUT2D eigenvalue weighted by atomic mass is 16.5. The summed E-state index contributed by atoms with van der Waals surface area (Å²) in [6.07, 6.45) is 0.401. The van der Waals surface area contributed by atoms with E-state index in [2.05, 4.69) is 0 Å². The number of rotatable bonds is 5. The minimum atomic E-state index is -0.127. The fraction of sp³-hybridized carbons (Fsp3) is 0.500. The molecule has 1 aliphatic rings. The first-order valence-electron chi connectivity index (χ1n) is 6.51. The maximum Gasteiger partial charge on any atom is 0.253 e. The molecular weight excluding hydrogens is 246 g/mol. The molecular formula is C14H19NO4. The number of hydrogen-bond acceptors (Lipinski definition) is 4. The van der Waals surface area contributed by atoms with Crippen LogP contribution in [-0.2, 0) is 9.53 Å². The third-order valence-corrected chi connectivity index (χ3v) is 3.04. The predicted molar refractivity (Wildman–Crippen MR) is 71.4 cm³/mol. The van der Waals surface area contributed by atoms with Crippen molar-refractivity contribution in [3.05, 3.63) is 24.3 Å². The number of ether oxygens (including phenoxy) is 2. The molecule has 1 aliphatic heterocycles. The lowest BCUT2D eigenvalue weighted by Gasteiger charge is -2.33. The van der Waals surface area contributed by atoms with Crippen LogP contribution in [0.1, 0.15) is 13.3 Å². The molecule has 0 saturated carbocycles. The summed E-state index contributed by atoms with van der Waals surface area (Å²) in [7, 11) is 0. The van der Waals surface area contributed by atoms with Gasteiger partial charge in [0.15, 0.2) is 0 Å². The van der Waals surface area contributed by atoms with E-state index >= 15 is 0 Å². The second-order valence-corrected chi connectivity index (χ2v) is 4.35. The first-order chi connectivity index (χ1) is 9.26. The summed E-state index contributed by atoms with van der Waals surface area (Å²) < 4.78 is 10.9. The molecule has 19 heavy (non-hydrogen) atoms. The SMILES string of the molecule is CCOc1ccccc1N1CC(CCO)OCC1=O.